The molecule has 1 amide bonds. The smallest absolute Gasteiger partial charge is 0.331 e. The van der Waals surface area contributed by atoms with Crippen LogP contribution in [0.15, 0.2) is 59.5 Å². The summed E-state index contributed by atoms with van der Waals surface area (Å²) in [7, 11) is -3.61. The minimum absolute atomic E-state index is 0.133. The predicted molar refractivity (Wildman–Crippen MR) is 124 cm³/mol. The molecule has 0 saturated carbocycles. The van der Waals surface area contributed by atoms with Crippen LogP contribution in [0.4, 0.5) is 5.69 Å². The van der Waals surface area contributed by atoms with Gasteiger partial charge in [-0.05, 0) is 42.5 Å². The number of nitrogens with zero attached hydrogens (tertiary/aromatic N) is 2. The Morgan fingerprint density at radius 2 is 1.85 bits per heavy atom. The summed E-state index contributed by atoms with van der Waals surface area (Å²) < 4.78 is 37.8. The molecule has 1 N–H and O–H groups in total. The van der Waals surface area contributed by atoms with Crippen molar-refractivity contribution in [3.63, 3.8) is 0 Å². The molecule has 0 spiro atoms. The number of amides is 1. The zero-order chi connectivity index (χ0) is 23.3. The van der Waals surface area contributed by atoms with Gasteiger partial charge in [0.15, 0.2) is 6.61 Å². The molecular formula is C22H21N3O6S2. The molecule has 172 valence electrons. The number of para-hydroxylation sites is 1. The van der Waals surface area contributed by atoms with Crippen LogP contribution < -0.4 is 5.32 Å². The molecule has 0 radical (unpaired) electrons. The van der Waals surface area contributed by atoms with Crippen LogP contribution in [0.3, 0.4) is 0 Å². The highest BCUT2D eigenvalue weighted by Crippen LogP contribution is 2.22. The Labute approximate surface area is 194 Å². The van der Waals surface area contributed by atoms with E-state index in [-0.39, 0.29) is 4.90 Å². The molecule has 1 fully saturated rings. The standard InChI is InChI=1S/C22H21N3O6S2/c26-20(15-31-22(27)10-9-21-24-18-3-1-2-4-19(18)32-21)23-16-5-7-17(8-6-16)33(28,29)25-11-13-30-14-12-25/h1-10H,11-15H2,(H,23,26)/b10-9+. The molecule has 33 heavy (non-hydrogen) atoms. The van der Waals surface area contributed by atoms with Crippen LogP contribution in [0.1, 0.15) is 5.01 Å². The molecule has 2 heterocycles. The first-order valence-corrected chi connectivity index (χ1v) is 12.4. The van der Waals surface area contributed by atoms with Crippen LogP contribution in [0.2, 0.25) is 0 Å². The number of rotatable bonds is 7. The molecular weight excluding hydrogens is 466 g/mol. The van der Waals surface area contributed by atoms with E-state index in [2.05, 4.69) is 10.3 Å². The number of fused-ring (bicyclic) bond motifs is 1. The molecule has 0 aliphatic carbocycles. The molecule has 2 aromatic carbocycles. The van der Waals surface area contributed by atoms with Crippen LogP contribution in [-0.2, 0) is 29.1 Å². The highest BCUT2D eigenvalue weighted by Gasteiger charge is 2.26. The van der Waals surface area contributed by atoms with Crippen LogP contribution in [0.25, 0.3) is 16.3 Å². The maximum atomic E-state index is 12.6. The second kappa shape index (κ2) is 10.2. The molecule has 11 heteroatoms. The van der Waals surface area contributed by atoms with Gasteiger partial charge in [0.05, 0.1) is 28.3 Å². The van der Waals surface area contributed by atoms with E-state index in [1.165, 1.54) is 46.0 Å². The first-order valence-electron chi connectivity index (χ1n) is 10.1. The van der Waals surface area contributed by atoms with Crippen molar-refractivity contribution in [3.8, 4) is 0 Å². The highest BCUT2D eigenvalue weighted by molar-refractivity contribution is 7.89. The van der Waals surface area contributed by atoms with E-state index in [0.29, 0.717) is 37.0 Å². The average Bonchev–Trinajstić information content (AvgIpc) is 3.25. The van der Waals surface area contributed by atoms with Gasteiger partial charge in [-0.25, -0.2) is 18.2 Å². The van der Waals surface area contributed by atoms with Gasteiger partial charge in [-0.15, -0.1) is 11.3 Å². The van der Waals surface area contributed by atoms with Gasteiger partial charge in [0.2, 0.25) is 10.0 Å². The van der Waals surface area contributed by atoms with Crippen molar-refractivity contribution in [2.24, 2.45) is 0 Å². The first-order chi connectivity index (χ1) is 15.9. The fourth-order valence-electron chi connectivity index (χ4n) is 3.13. The summed E-state index contributed by atoms with van der Waals surface area (Å²) in [6.07, 6.45) is 2.76. The number of benzene rings is 2. The number of thiazole rings is 1. The number of nitrogens with one attached hydrogen (secondary N) is 1. The van der Waals surface area contributed by atoms with E-state index in [1.807, 2.05) is 24.3 Å². The van der Waals surface area contributed by atoms with Crippen molar-refractivity contribution in [1.82, 2.24) is 9.29 Å². The maximum Gasteiger partial charge on any atom is 0.331 e. The number of carbonyl (C=O) groups excluding carboxylic acids is 2. The quantitative estimate of drug-likeness (QED) is 0.402. The van der Waals surface area contributed by atoms with Crippen molar-refractivity contribution in [1.29, 1.82) is 0 Å². The third-order valence-corrected chi connectivity index (χ3v) is 7.68. The SMILES string of the molecule is O=C(COC(=O)/C=C/c1nc2ccccc2s1)Nc1ccc(S(=O)(=O)N2CCOCC2)cc1. The summed E-state index contributed by atoms with van der Waals surface area (Å²) in [5.74, 6) is -1.21. The minimum Gasteiger partial charge on any atom is -0.452 e. The zero-order valence-corrected chi connectivity index (χ0v) is 19.1. The average molecular weight is 488 g/mol. The normalized spacial score (nSPS) is 15.0. The van der Waals surface area contributed by atoms with Crippen molar-refractivity contribution in [3.05, 3.63) is 59.6 Å². The van der Waals surface area contributed by atoms with Gasteiger partial charge in [-0.3, -0.25) is 4.79 Å². The molecule has 3 aromatic rings. The molecule has 1 aliphatic heterocycles. The van der Waals surface area contributed by atoms with E-state index in [0.717, 1.165) is 10.2 Å². The molecule has 1 aromatic heterocycles. The molecule has 4 rings (SSSR count). The fraction of sp³-hybridized carbons (Fsp3) is 0.227. The molecule has 1 aliphatic rings. The van der Waals surface area contributed by atoms with Crippen LogP contribution in [-0.4, -0.2) is 62.5 Å². The minimum atomic E-state index is -3.61. The van der Waals surface area contributed by atoms with Crippen molar-refractivity contribution in [2.45, 2.75) is 4.90 Å². The van der Waals surface area contributed by atoms with Crippen LogP contribution >= 0.6 is 11.3 Å². The van der Waals surface area contributed by atoms with E-state index in [1.54, 1.807) is 6.08 Å². The second-order valence-electron chi connectivity index (χ2n) is 7.05. The van der Waals surface area contributed by atoms with Crippen molar-refractivity contribution < 1.29 is 27.5 Å². The van der Waals surface area contributed by atoms with Gasteiger partial charge in [-0.1, -0.05) is 12.1 Å². The Balaban J connectivity index is 1.27. The number of esters is 1. The van der Waals surface area contributed by atoms with Gasteiger partial charge < -0.3 is 14.8 Å². The molecule has 0 unspecified atom stereocenters. The van der Waals surface area contributed by atoms with E-state index < -0.39 is 28.5 Å². The number of hydrogen-bond donors (Lipinski definition) is 1. The second-order valence-corrected chi connectivity index (χ2v) is 10.1. The van der Waals surface area contributed by atoms with Gasteiger partial charge in [0.1, 0.15) is 5.01 Å². The number of morpholine rings is 1. The van der Waals surface area contributed by atoms with E-state index in [4.69, 9.17) is 9.47 Å². The van der Waals surface area contributed by atoms with Gasteiger partial charge in [0.25, 0.3) is 5.91 Å². The van der Waals surface area contributed by atoms with Gasteiger partial charge >= 0.3 is 5.97 Å². The lowest BCUT2D eigenvalue weighted by Crippen LogP contribution is -2.40. The number of aromatic nitrogens is 1. The summed E-state index contributed by atoms with van der Waals surface area (Å²) in [6.45, 7) is 0.861. The van der Waals surface area contributed by atoms with E-state index in [9.17, 15) is 18.0 Å². The number of hydrogen-bond acceptors (Lipinski definition) is 8. The third kappa shape index (κ3) is 5.82. The number of ether oxygens (including phenoxy) is 2. The summed E-state index contributed by atoms with van der Waals surface area (Å²) in [5, 5.41) is 3.23. The highest BCUT2D eigenvalue weighted by atomic mass is 32.2. The number of anilines is 1. The first kappa shape index (κ1) is 23.1. The zero-order valence-electron chi connectivity index (χ0n) is 17.5. The fourth-order valence-corrected chi connectivity index (χ4v) is 5.41. The number of sulfonamides is 1. The Kier molecular flexibility index (Phi) is 7.14. The maximum absolute atomic E-state index is 12.6. The summed E-state index contributed by atoms with van der Waals surface area (Å²) in [6, 6.07) is 13.4. The molecule has 0 atom stereocenters. The lowest BCUT2D eigenvalue weighted by atomic mass is 10.3. The Hall–Kier alpha value is -3.12. The topological polar surface area (TPSA) is 115 Å². The summed E-state index contributed by atoms with van der Waals surface area (Å²) in [4.78, 5) is 28.5. The lowest BCUT2D eigenvalue weighted by molar-refractivity contribution is -0.142. The molecule has 1 saturated heterocycles. The Morgan fingerprint density at radius 1 is 1.12 bits per heavy atom. The van der Waals surface area contributed by atoms with Crippen molar-refractivity contribution in [2.75, 3.05) is 38.2 Å². The van der Waals surface area contributed by atoms with Crippen LogP contribution in [0.5, 0.6) is 0 Å². The summed E-state index contributed by atoms with van der Waals surface area (Å²) >= 11 is 1.44. The van der Waals surface area contributed by atoms with Crippen molar-refractivity contribution >= 4 is 55.2 Å². The molecule has 0 bridgehead atoms. The monoisotopic (exact) mass is 487 g/mol. The van der Waals surface area contributed by atoms with E-state index >= 15 is 0 Å². The Morgan fingerprint density at radius 3 is 2.58 bits per heavy atom. The lowest BCUT2D eigenvalue weighted by Gasteiger charge is -2.26. The Bertz CT molecular complexity index is 1250. The number of carbonyl (C=O) groups is 2. The van der Waals surface area contributed by atoms with Gasteiger partial charge in [-0.2, -0.15) is 4.31 Å². The third-order valence-electron chi connectivity index (χ3n) is 4.76. The van der Waals surface area contributed by atoms with Crippen LogP contribution in [0, 0.1) is 0 Å². The largest absolute Gasteiger partial charge is 0.452 e. The van der Waals surface area contributed by atoms with Gasteiger partial charge in [0, 0.05) is 24.9 Å². The molecule has 9 nitrogen and oxygen atoms in total. The predicted octanol–water partition coefficient (Wildman–Crippen LogP) is 2.51. The summed E-state index contributed by atoms with van der Waals surface area (Å²) in [5.41, 5.74) is 1.24.